The molecule has 2 unspecified atom stereocenters. The number of carboxylic acids is 1. The maximum Gasteiger partial charge on any atom is 0.308 e. The molecule has 0 saturated carbocycles. The minimum Gasteiger partial charge on any atom is -0.550 e. The highest BCUT2D eigenvalue weighted by molar-refractivity contribution is 5.71. The summed E-state index contributed by atoms with van der Waals surface area (Å²) in [5.74, 6) is -1.81. The Morgan fingerprint density at radius 3 is 2.30 bits per heavy atom. The molecule has 0 saturated heterocycles. The monoisotopic (exact) mass is 289 g/mol. The fourth-order valence-corrected chi connectivity index (χ4v) is 1.91. The Balaban J connectivity index is 4.34. The van der Waals surface area contributed by atoms with E-state index >= 15 is 0 Å². The zero-order valence-corrected chi connectivity index (χ0v) is 12.9. The molecule has 0 amide bonds. The number of hydrogen-bond acceptors (Lipinski definition) is 5. The van der Waals surface area contributed by atoms with E-state index in [4.69, 9.17) is 4.74 Å². The van der Waals surface area contributed by atoms with Gasteiger partial charge in [-0.05, 0) is 6.42 Å². The number of likely N-dealkylation sites (N-methyl/N-ethyl adjacent to an activating group) is 1. The van der Waals surface area contributed by atoms with Gasteiger partial charge in [0.25, 0.3) is 0 Å². The molecule has 0 bridgehead atoms. The molecule has 20 heavy (non-hydrogen) atoms. The molecule has 1 N–H and O–H groups in total. The van der Waals surface area contributed by atoms with E-state index in [0.29, 0.717) is 17.4 Å². The molecule has 0 spiro atoms. The highest BCUT2D eigenvalue weighted by atomic mass is 16.5. The lowest BCUT2D eigenvalue weighted by Gasteiger charge is -2.29. The summed E-state index contributed by atoms with van der Waals surface area (Å²) in [4.78, 5) is 22.4. The van der Waals surface area contributed by atoms with Crippen LogP contribution < -0.4 is 5.11 Å². The van der Waals surface area contributed by atoms with E-state index in [2.05, 4.69) is 0 Å². The Hall–Kier alpha value is -1.14. The van der Waals surface area contributed by atoms with Crippen molar-refractivity contribution in [1.29, 1.82) is 0 Å². The Morgan fingerprint density at radius 1 is 1.25 bits per heavy atom. The second-order valence-electron chi connectivity index (χ2n) is 6.16. The molecule has 118 valence electrons. The van der Waals surface area contributed by atoms with Crippen molar-refractivity contribution < 1.29 is 29.0 Å². The van der Waals surface area contributed by atoms with Gasteiger partial charge in [-0.2, -0.15) is 0 Å². The number of quaternary nitrogens is 1. The Kier molecular flexibility index (Phi) is 8.41. The number of aliphatic hydroxyl groups is 1. The molecule has 0 rings (SSSR count). The molecule has 6 heteroatoms. The number of aliphatic carboxylic acids is 1. The average molecular weight is 289 g/mol. The third-order valence-electron chi connectivity index (χ3n) is 2.74. The summed E-state index contributed by atoms with van der Waals surface area (Å²) in [6.45, 7) is 2.38. The predicted molar refractivity (Wildman–Crippen MR) is 72.6 cm³/mol. The van der Waals surface area contributed by atoms with Crippen LogP contribution in [0.15, 0.2) is 0 Å². The standard InChI is InChI=1S/C14H27NO5/c1-5-6-7-11(16)8-14(19)20-12(9-13(17)18)10-15(2,3)4/h11-12,16H,5-10H2,1-4H3. The van der Waals surface area contributed by atoms with Crippen molar-refractivity contribution in [2.75, 3.05) is 27.7 Å². The molecule has 0 aromatic carbocycles. The maximum atomic E-state index is 11.7. The summed E-state index contributed by atoms with van der Waals surface area (Å²) in [5, 5.41) is 20.3. The first kappa shape index (κ1) is 18.9. The van der Waals surface area contributed by atoms with Gasteiger partial charge in [-0.25, -0.2) is 0 Å². The van der Waals surface area contributed by atoms with Gasteiger partial charge in [0, 0.05) is 12.4 Å². The van der Waals surface area contributed by atoms with Gasteiger partial charge in [0.05, 0.1) is 33.7 Å². The van der Waals surface area contributed by atoms with E-state index < -0.39 is 24.1 Å². The topological polar surface area (TPSA) is 86.7 Å². The quantitative estimate of drug-likeness (QED) is 0.440. The maximum absolute atomic E-state index is 11.7. The fourth-order valence-electron chi connectivity index (χ4n) is 1.91. The van der Waals surface area contributed by atoms with E-state index in [1.54, 1.807) is 0 Å². The molecular formula is C14H27NO5. The number of esters is 1. The van der Waals surface area contributed by atoms with Gasteiger partial charge in [-0.3, -0.25) is 4.79 Å². The number of carbonyl (C=O) groups excluding carboxylic acids is 2. The molecule has 0 aliphatic carbocycles. The van der Waals surface area contributed by atoms with Gasteiger partial charge in [0.2, 0.25) is 0 Å². The summed E-state index contributed by atoms with van der Waals surface area (Å²) in [6.07, 6.45) is 0.455. The van der Waals surface area contributed by atoms with Crippen LogP contribution in [0.2, 0.25) is 0 Å². The number of unbranched alkanes of at least 4 members (excludes halogenated alkanes) is 1. The summed E-state index contributed by atoms with van der Waals surface area (Å²) >= 11 is 0. The van der Waals surface area contributed by atoms with Gasteiger partial charge in [-0.1, -0.05) is 19.8 Å². The Labute approximate surface area is 120 Å². The molecule has 0 aliphatic rings. The van der Waals surface area contributed by atoms with Crippen molar-refractivity contribution in [3.8, 4) is 0 Å². The highest BCUT2D eigenvalue weighted by Gasteiger charge is 2.23. The molecule has 0 fully saturated rings. The van der Waals surface area contributed by atoms with Crippen molar-refractivity contribution in [3.63, 3.8) is 0 Å². The number of carbonyl (C=O) groups is 2. The second kappa shape index (κ2) is 8.92. The molecule has 0 radical (unpaired) electrons. The van der Waals surface area contributed by atoms with Crippen LogP contribution in [-0.2, 0) is 14.3 Å². The van der Waals surface area contributed by atoms with Crippen LogP contribution in [0.5, 0.6) is 0 Å². The van der Waals surface area contributed by atoms with Crippen LogP contribution in [0.25, 0.3) is 0 Å². The lowest BCUT2D eigenvalue weighted by molar-refractivity contribution is -0.873. The Morgan fingerprint density at radius 2 is 1.85 bits per heavy atom. The van der Waals surface area contributed by atoms with E-state index in [1.807, 2.05) is 28.1 Å². The van der Waals surface area contributed by atoms with E-state index in [9.17, 15) is 19.8 Å². The van der Waals surface area contributed by atoms with Gasteiger partial charge in [-0.15, -0.1) is 0 Å². The summed E-state index contributed by atoms with van der Waals surface area (Å²) in [7, 11) is 5.64. The fraction of sp³-hybridized carbons (Fsp3) is 0.857. The van der Waals surface area contributed by atoms with Crippen LogP contribution in [0, 0.1) is 0 Å². The number of ether oxygens (including phenoxy) is 1. The van der Waals surface area contributed by atoms with E-state index in [-0.39, 0.29) is 12.8 Å². The van der Waals surface area contributed by atoms with Crippen molar-refractivity contribution in [1.82, 2.24) is 0 Å². The number of hydrogen-bond donors (Lipinski definition) is 1. The molecule has 6 nitrogen and oxygen atoms in total. The summed E-state index contributed by atoms with van der Waals surface area (Å²) < 4.78 is 5.63. The first-order valence-electron chi connectivity index (χ1n) is 7.02. The number of aliphatic hydroxyl groups excluding tert-OH is 1. The van der Waals surface area contributed by atoms with Crippen molar-refractivity contribution >= 4 is 11.9 Å². The van der Waals surface area contributed by atoms with E-state index in [1.165, 1.54) is 0 Å². The molecule has 0 heterocycles. The van der Waals surface area contributed by atoms with Gasteiger partial charge < -0.3 is 24.2 Å². The summed E-state index contributed by atoms with van der Waals surface area (Å²) in [6, 6.07) is 0. The molecule has 0 aliphatic heterocycles. The van der Waals surface area contributed by atoms with Crippen LogP contribution >= 0.6 is 0 Å². The third-order valence-corrected chi connectivity index (χ3v) is 2.74. The first-order chi connectivity index (χ1) is 9.14. The van der Waals surface area contributed by atoms with Crippen molar-refractivity contribution in [2.24, 2.45) is 0 Å². The Bertz CT molecular complexity index is 311. The van der Waals surface area contributed by atoms with Crippen LogP contribution in [0.3, 0.4) is 0 Å². The summed E-state index contributed by atoms with van der Waals surface area (Å²) in [5.41, 5.74) is 0. The molecule has 2 atom stereocenters. The van der Waals surface area contributed by atoms with Crippen molar-refractivity contribution in [3.05, 3.63) is 0 Å². The largest absolute Gasteiger partial charge is 0.550 e. The minimum atomic E-state index is -1.25. The van der Waals surface area contributed by atoms with Crippen LogP contribution in [0.4, 0.5) is 0 Å². The first-order valence-corrected chi connectivity index (χ1v) is 7.02. The third kappa shape index (κ3) is 10.8. The number of carboxylic acid groups (broad SMARTS) is 1. The number of nitrogens with zero attached hydrogens (tertiary/aromatic N) is 1. The minimum absolute atomic E-state index is 0.0965. The molecule has 0 aromatic rings. The average Bonchev–Trinajstić information content (AvgIpc) is 2.22. The van der Waals surface area contributed by atoms with Crippen LogP contribution in [-0.4, -0.2) is 61.4 Å². The lowest BCUT2D eigenvalue weighted by atomic mass is 10.1. The SMILES string of the molecule is CCCCC(O)CC(=O)OC(CC(=O)[O-])C[N+](C)(C)C. The molecule has 0 aromatic heterocycles. The second-order valence-corrected chi connectivity index (χ2v) is 6.16. The highest BCUT2D eigenvalue weighted by Crippen LogP contribution is 2.09. The number of rotatable bonds is 10. The lowest BCUT2D eigenvalue weighted by Crippen LogP contribution is -2.45. The zero-order valence-electron chi connectivity index (χ0n) is 12.9. The van der Waals surface area contributed by atoms with Gasteiger partial charge in [0.1, 0.15) is 6.54 Å². The van der Waals surface area contributed by atoms with Crippen molar-refractivity contribution in [2.45, 2.75) is 51.2 Å². The normalized spacial score (nSPS) is 14.7. The smallest absolute Gasteiger partial charge is 0.308 e. The van der Waals surface area contributed by atoms with Gasteiger partial charge in [0.15, 0.2) is 6.10 Å². The zero-order chi connectivity index (χ0) is 15.8. The predicted octanol–water partition coefficient (Wildman–Crippen LogP) is -0.314. The molecular weight excluding hydrogens is 262 g/mol. The van der Waals surface area contributed by atoms with E-state index in [0.717, 1.165) is 12.8 Å². The van der Waals surface area contributed by atoms with Gasteiger partial charge >= 0.3 is 5.97 Å². The van der Waals surface area contributed by atoms with Crippen LogP contribution in [0.1, 0.15) is 39.0 Å².